The first-order valence-corrected chi connectivity index (χ1v) is 12.7. The van der Waals surface area contributed by atoms with Crippen LogP contribution in [-0.4, -0.2) is 22.2 Å². The van der Waals surface area contributed by atoms with Crippen LogP contribution in [0.25, 0.3) is 0 Å². The van der Waals surface area contributed by atoms with Crippen molar-refractivity contribution in [3.8, 4) is 0 Å². The van der Waals surface area contributed by atoms with Gasteiger partial charge >= 0.3 is 0 Å². The second-order valence-corrected chi connectivity index (χ2v) is 9.95. The molecule has 4 unspecified atom stereocenters. The summed E-state index contributed by atoms with van der Waals surface area (Å²) in [7, 11) is 0. The fraction of sp³-hybridized carbons (Fsp3) is 0.643. The average Bonchev–Trinajstić information content (AvgIpc) is 2.86. The summed E-state index contributed by atoms with van der Waals surface area (Å²) in [6.07, 6.45) is 17.6. The lowest BCUT2D eigenvalue weighted by Crippen LogP contribution is -2.40. The number of pyridine rings is 2. The quantitative estimate of drug-likeness (QED) is 0.449. The number of ether oxygens (including phenoxy) is 1. The molecule has 0 saturated heterocycles. The zero-order valence-electron chi connectivity index (χ0n) is 19.5. The molecule has 3 nitrogen and oxygen atoms in total. The molecule has 3 heteroatoms. The molecule has 2 aliphatic carbocycles. The van der Waals surface area contributed by atoms with Gasteiger partial charge in [0.15, 0.2) is 0 Å². The number of hydrogen-bond donors (Lipinski definition) is 0. The molecular formula is C28H40N2O. The molecule has 31 heavy (non-hydrogen) atoms. The lowest BCUT2D eigenvalue weighted by molar-refractivity contribution is -0.100. The Kier molecular flexibility index (Phi) is 8.13. The highest BCUT2D eigenvalue weighted by Crippen LogP contribution is 2.41. The molecule has 0 N–H and O–H groups in total. The van der Waals surface area contributed by atoms with Gasteiger partial charge in [-0.15, -0.1) is 0 Å². The second-order valence-electron chi connectivity index (χ2n) is 9.95. The van der Waals surface area contributed by atoms with Gasteiger partial charge < -0.3 is 4.74 Å². The van der Waals surface area contributed by atoms with Crippen molar-refractivity contribution in [3.05, 3.63) is 60.2 Å². The van der Waals surface area contributed by atoms with Crippen LogP contribution in [0.15, 0.2) is 48.8 Å². The summed E-state index contributed by atoms with van der Waals surface area (Å²) in [6, 6.07) is 12.6. The number of rotatable bonds is 8. The smallest absolute Gasteiger partial charge is 0.0688 e. The minimum atomic E-state index is 0.230. The van der Waals surface area contributed by atoms with Gasteiger partial charge in [0, 0.05) is 35.6 Å². The summed E-state index contributed by atoms with van der Waals surface area (Å²) in [5.41, 5.74) is 2.34. The van der Waals surface area contributed by atoms with Crippen LogP contribution in [0, 0.1) is 11.8 Å². The molecule has 0 radical (unpaired) electrons. The zero-order chi connectivity index (χ0) is 21.5. The molecule has 168 valence electrons. The lowest BCUT2D eigenvalue weighted by atomic mass is 9.77. The third kappa shape index (κ3) is 5.74. The molecule has 2 aromatic heterocycles. The summed E-state index contributed by atoms with van der Waals surface area (Å²) < 4.78 is 7.28. The van der Waals surface area contributed by atoms with E-state index in [1.165, 1.54) is 75.6 Å². The van der Waals surface area contributed by atoms with Gasteiger partial charge in [-0.05, 0) is 61.8 Å². The van der Waals surface area contributed by atoms with E-state index >= 15 is 0 Å². The van der Waals surface area contributed by atoms with Crippen LogP contribution in [0.4, 0.5) is 0 Å². The van der Waals surface area contributed by atoms with Crippen LogP contribution in [0.5, 0.6) is 0 Å². The van der Waals surface area contributed by atoms with Crippen molar-refractivity contribution in [1.82, 2.24) is 9.97 Å². The van der Waals surface area contributed by atoms with Crippen molar-refractivity contribution in [2.24, 2.45) is 11.8 Å². The Morgan fingerprint density at radius 3 is 1.42 bits per heavy atom. The molecule has 2 aromatic rings. The normalized spacial score (nSPS) is 22.5. The minimum absolute atomic E-state index is 0.230. The predicted octanol–water partition coefficient (Wildman–Crippen LogP) is 7.30. The van der Waals surface area contributed by atoms with Gasteiger partial charge in [0.25, 0.3) is 0 Å². The molecular weight excluding hydrogens is 380 g/mol. The molecule has 2 aliphatic rings. The van der Waals surface area contributed by atoms with E-state index in [0.29, 0.717) is 23.7 Å². The molecule has 0 spiro atoms. The van der Waals surface area contributed by atoms with Gasteiger partial charge in [0.05, 0.1) is 12.2 Å². The molecule has 4 atom stereocenters. The summed E-state index contributed by atoms with van der Waals surface area (Å²) in [4.78, 5) is 9.45. The molecule has 2 heterocycles. The van der Waals surface area contributed by atoms with Crippen molar-refractivity contribution < 1.29 is 4.74 Å². The van der Waals surface area contributed by atoms with Crippen LogP contribution < -0.4 is 0 Å². The Labute approximate surface area is 189 Å². The first-order chi connectivity index (χ1) is 15.2. The van der Waals surface area contributed by atoms with E-state index in [-0.39, 0.29) is 12.2 Å². The molecule has 2 fully saturated rings. The number of nitrogens with zero attached hydrogens (tertiary/aromatic N) is 2. The van der Waals surface area contributed by atoms with Crippen molar-refractivity contribution in [1.29, 1.82) is 0 Å². The maximum atomic E-state index is 7.28. The van der Waals surface area contributed by atoms with Crippen molar-refractivity contribution in [2.45, 2.75) is 102 Å². The average molecular weight is 421 g/mol. The van der Waals surface area contributed by atoms with E-state index in [2.05, 4.69) is 38.1 Å². The second kappa shape index (κ2) is 11.2. The molecule has 0 amide bonds. The molecule has 0 aromatic carbocycles. The summed E-state index contributed by atoms with van der Waals surface area (Å²) >= 11 is 0. The largest absolute Gasteiger partial charge is 0.373 e. The maximum absolute atomic E-state index is 7.28. The molecule has 2 saturated carbocycles. The molecule has 0 bridgehead atoms. The van der Waals surface area contributed by atoms with E-state index < -0.39 is 0 Å². The molecule has 0 aliphatic heterocycles. The van der Waals surface area contributed by atoms with Crippen LogP contribution >= 0.6 is 0 Å². The topological polar surface area (TPSA) is 35.0 Å². The van der Waals surface area contributed by atoms with E-state index in [4.69, 9.17) is 14.7 Å². The summed E-state index contributed by atoms with van der Waals surface area (Å²) in [5.74, 6) is 1.89. The SMILES string of the molecule is CC(c1ccccn1)C(OC(C1CCCCC1)C(C)c1ccccn1)C1CCCCC1. The van der Waals surface area contributed by atoms with Crippen LogP contribution in [0.2, 0.25) is 0 Å². The highest BCUT2D eigenvalue weighted by molar-refractivity contribution is 5.13. The van der Waals surface area contributed by atoms with Gasteiger partial charge in [-0.3, -0.25) is 9.97 Å². The Morgan fingerprint density at radius 1 is 0.645 bits per heavy atom. The molecule has 4 rings (SSSR count). The van der Waals surface area contributed by atoms with Gasteiger partial charge in [-0.25, -0.2) is 0 Å². The Balaban J connectivity index is 1.62. The zero-order valence-corrected chi connectivity index (χ0v) is 19.5. The van der Waals surface area contributed by atoms with Crippen molar-refractivity contribution in [2.75, 3.05) is 0 Å². The van der Waals surface area contributed by atoms with Crippen molar-refractivity contribution in [3.63, 3.8) is 0 Å². The maximum Gasteiger partial charge on any atom is 0.0688 e. The first-order valence-electron chi connectivity index (χ1n) is 12.7. The summed E-state index contributed by atoms with van der Waals surface area (Å²) in [5, 5.41) is 0. The Morgan fingerprint density at radius 2 is 1.06 bits per heavy atom. The van der Waals surface area contributed by atoms with Crippen molar-refractivity contribution >= 4 is 0 Å². The van der Waals surface area contributed by atoms with Gasteiger partial charge in [-0.1, -0.05) is 64.5 Å². The standard InChI is InChI=1S/C28H40N2O/c1-21(25-17-9-11-19-29-25)27(23-13-5-3-6-14-23)31-28(24-15-7-4-8-16-24)22(2)26-18-10-12-20-30-26/h9-12,17-24,27-28H,3-8,13-16H2,1-2H3. The summed E-state index contributed by atoms with van der Waals surface area (Å²) in [6.45, 7) is 4.68. The van der Waals surface area contributed by atoms with E-state index in [1.807, 2.05) is 24.5 Å². The fourth-order valence-electron chi connectivity index (χ4n) is 6.01. The van der Waals surface area contributed by atoms with Crippen LogP contribution in [-0.2, 0) is 4.74 Å². The highest BCUT2D eigenvalue weighted by Gasteiger charge is 2.38. The van der Waals surface area contributed by atoms with Crippen LogP contribution in [0.3, 0.4) is 0 Å². The number of aromatic nitrogens is 2. The third-order valence-corrected chi connectivity index (χ3v) is 7.84. The van der Waals surface area contributed by atoms with E-state index in [9.17, 15) is 0 Å². The van der Waals surface area contributed by atoms with Gasteiger partial charge in [0.2, 0.25) is 0 Å². The minimum Gasteiger partial charge on any atom is -0.373 e. The van der Waals surface area contributed by atoms with Gasteiger partial charge in [0.1, 0.15) is 0 Å². The lowest BCUT2D eigenvalue weighted by Gasteiger charge is -2.41. The van der Waals surface area contributed by atoms with E-state index in [0.717, 1.165) is 0 Å². The third-order valence-electron chi connectivity index (χ3n) is 7.84. The Hall–Kier alpha value is -1.74. The van der Waals surface area contributed by atoms with Crippen LogP contribution in [0.1, 0.15) is 101 Å². The monoisotopic (exact) mass is 420 g/mol. The Bertz CT molecular complexity index is 688. The predicted molar refractivity (Wildman–Crippen MR) is 127 cm³/mol. The first kappa shape index (κ1) is 22.5. The number of hydrogen-bond acceptors (Lipinski definition) is 3. The highest BCUT2D eigenvalue weighted by atomic mass is 16.5. The fourth-order valence-corrected chi connectivity index (χ4v) is 6.01. The van der Waals surface area contributed by atoms with Gasteiger partial charge in [-0.2, -0.15) is 0 Å². The van der Waals surface area contributed by atoms with E-state index in [1.54, 1.807) is 0 Å².